The van der Waals surface area contributed by atoms with E-state index in [4.69, 9.17) is 20.2 Å². The number of para-hydroxylation sites is 2. The molecule has 1 aromatic heterocycles. The number of aromatic nitrogens is 2. The second-order valence-corrected chi connectivity index (χ2v) is 6.43. The minimum atomic E-state index is 0.0878. The van der Waals surface area contributed by atoms with Crippen molar-refractivity contribution in [1.82, 2.24) is 9.97 Å². The first-order valence-corrected chi connectivity index (χ1v) is 8.59. The van der Waals surface area contributed by atoms with E-state index in [2.05, 4.69) is 11.1 Å². The Labute approximate surface area is 148 Å². The van der Waals surface area contributed by atoms with Crippen molar-refractivity contribution in [2.45, 2.75) is 32.3 Å². The minimum absolute atomic E-state index is 0.0878. The fourth-order valence-electron chi connectivity index (χ4n) is 2.94. The molecule has 3 N–H and O–H groups in total. The molecule has 1 atom stereocenters. The zero-order valence-corrected chi connectivity index (χ0v) is 15.0. The highest BCUT2D eigenvalue weighted by molar-refractivity contribution is 5.74. The molecule has 0 spiro atoms. The summed E-state index contributed by atoms with van der Waals surface area (Å²) in [5.41, 5.74) is 9.18. The molecule has 1 unspecified atom stereocenters. The molecule has 3 aromatic rings. The van der Waals surface area contributed by atoms with Gasteiger partial charge in [-0.15, -0.1) is 0 Å². The molecule has 0 bridgehead atoms. The van der Waals surface area contributed by atoms with Gasteiger partial charge < -0.3 is 20.2 Å². The van der Waals surface area contributed by atoms with Crippen LogP contribution < -0.4 is 15.2 Å². The zero-order valence-electron chi connectivity index (χ0n) is 15.0. The van der Waals surface area contributed by atoms with Crippen LogP contribution >= 0.6 is 0 Å². The van der Waals surface area contributed by atoms with Crippen LogP contribution in [0.3, 0.4) is 0 Å². The van der Waals surface area contributed by atoms with Gasteiger partial charge in [0.05, 0.1) is 24.2 Å². The molecule has 0 aliphatic carbocycles. The summed E-state index contributed by atoms with van der Waals surface area (Å²) in [4.78, 5) is 8.08. The third-order valence-corrected chi connectivity index (χ3v) is 4.15. The van der Waals surface area contributed by atoms with Gasteiger partial charge in [-0.05, 0) is 50.1 Å². The van der Waals surface area contributed by atoms with Crippen LogP contribution in [0.4, 0.5) is 0 Å². The van der Waals surface area contributed by atoms with Crippen LogP contribution in [-0.4, -0.2) is 29.7 Å². The second-order valence-electron chi connectivity index (χ2n) is 6.43. The van der Waals surface area contributed by atoms with E-state index in [1.807, 2.05) is 50.2 Å². The second kappa shape index (κ2) is 7.57. The number of methoxy groups -OCH3 is 1. The highest BCUT2D eigenvalue weighted by Crippen LogP contribution is 2.31. The van der Waals surface area contributed by atoms with Gasteiger partial charge in [-0.25, -0.2) is 4.98 Å². The van der Waals surface area contributed by atoms with Crippen LogP contribution in [0.2, 0.25) is 0 Å². The molecule has 2 aromatic carbocycles. The lowest BCUT2D eigenvalue weighted by Gasteiger charge is -2.17. The van der Waals surface area contributed by atoms with E-state index < -0.39 is 0 Å². The smallest absolute Gasteiger partial charge is 0.161 e. The molecule has 1 heterocycles. The van der Waals surface area contributed by atoms with Crippen LogP contribution in [-0.2, 0) is 6.42 Å². The monoisotopic (exact) mass is 339 g/mol. The van der Waals surface area contributed by atoms with Gasteiger partial charge in [-0.3, -0.25) is 0 Å². The summed E-state index contributed by atoms with van der Waals surface area (Å²) in [6, 6.07) is 14.1. The first-order chi connectivity index (χ1) is 12.1. The summed E-state index contributed by atoms with van der Waals surface area (Å²) in [5, 5.41) is 0. The summed E-state index contributed by atoms with van der Waals surface area (Å²) < 4.78 is 11.3. The van der Waals surface area contributed by atoms with Gasteiger partial charge in [0.2, 0.25) is 0 Å². The number of fused-ring (bicyclic) bond motifs is 1. The highest BCUT2D eigenvalue weighted by atomic mass is 16.5. The maximum absolute atomic E-state index is 6.03. The molecule has 5 heteroatoms. The number of hydrogen-bond donors (Lipinski definition) is 2. The van der Waals surface area contributed by atoms with Crippen molar-refractivity contribution in [3.63, 3.8) is 0 Å². The Morgan fingerprint density at radius 3 is 2.60 bits per heavy atom. The number of rotatable bonds is 7. The molecule has 5 nitrogen and oxygen atoms in total. The Morgan fingerprint density at radius 2 is 1.92 bits per heavy atom. The molecule has 0 amide bonds. The molecule has 0 saturated carbocycles. The van der Waals surface area contributed by atoms with Gasteiger partial charge >= 0.3 is 0 Å². The number of H-pyrrole nitrogens is 1. The SMILES string of the molecule is COc1ccc(CC(CN)c2nc3ccccc3[nH]2)cc1OC(C)C. The van der Waals surface area contributed by atoms with Crippen molar-refractivity contribution >= 4 is 11.0 Å². The van der Waals surface area contributed by atoms with Crippen molar-refractivity contribution in [1.29, 1.82) is 0 Å². The van der Waals surface area contributed by atoms with Crippen molar-refractivity contribution < 1.29 is 9.47 Å². The largest absolute Gasteiger partial charge is 0.493 e. The van der Waals surface area contributed by atoms with Crippen molar-refractivity contribution in [2.24, 2.45) is 5.73 Å². The van der Waals surface area contributed by atoms with Gasteiger partial charge in [0.15, 0.2) is 11.5 Å². The molecule has 0 radical (unpaired) electrons. The fourth-order valence-corrected chi connectivity index (χ4v) is 2.94. The Balaban J connectivity index is 1.85. The number of benzene rings is 2. The Hall–Kier alpha value is -2.53. The number of hydrogen-bond acceptors (Lipinski definition) is 4. The fraction of sp³-hybridized carbons (Fsp3) is 0.350. The maximum atomic E-state index is 6.03. The average molecular weight is 339 g/mol. The first-order valence-electron chi connectivity index (χ1n) is 8.59. The molecule has 0 aliphatic rings. The van der Waals surface area contributed by atoms with E-state index in [0.29, 0.717) is 6.54 Å². The van der Waals surface area contributed by atoms with E-state index in [0.717, 1.165) is 40.3 Å². The summed E-state index contributed by atoms with van der Waals surface area (Å²) >= 11 is 0. The topological polar surface area (TPSA) is 73.2 Å². The van der Waals surface area contributed by atoms with Crippen LogP contribution in [0.1, 0.15) is 31.2 Å². The van der Waals surface area contributed by atoms with E-state index >= 15 is 0 Å². The number of nitrogens with zero attached hydrogens (tertiary/aromatic N) is 1. The quantitative estimate of drug-likeness (QED) is 0.689. The lowest BCUT2D eigenvalue weighted by atomic mass is 9.98. The number of imidazole rings is 1. The average Bonchev–Trinajstić information content (AvgIpc) is 3.03. The normalized spacial score (nSPS) is 12.5. The number of nitrogens with two attached hydrogens (primary N) is 1. The van der Waals surface area contributed by atoms with Gasteiger partial charge in [-0.1, -0.05) is 18.2 Å². The molecule has 3 rings (SSSR count). The summed E-state index contributed by atoms with van der Waals surface area (Å²) in [6.07, 6.45) is 0.874. The number of nitrogens with one attached hydrogen (secondary N) is 1. The van der Waals surface area contributed by atoms with Crippen molar-refractivity contribution in [2.75, 3.05) is 13.7 Å². The molecule has 25 heavy (non-hydrogen) atoms. The molecule has 0 aliphatic heterocycles. The lowest BCUT2D eigenvalue weighted by Crippen LogP contribution is -2.16. The summed E-state index contributed by atoms with van der Waals surface area (Å²) in [5.74, 6) is 2.54. The predicted octanol–water partition coefficient (Wildman–Crippen LogP) is 3.64. The molecular weight excluding hydrogens is 314 g/mol. The first kappa shape index (κ1) is 17.3. The van der Waals surface area contributed by atoms with Gasteiger partial charge in [0.25, 0.3) is 0 Å². The zero-order chi connectivity index (χ0) is 17.8. The number of aromatic amines is 1. The molecular formula is C20H25N3O2. The standard InChI is InChI=1S/C20H25N3O2/c1-13(2)25-19-11-14(8-9-18(19)24-3)10-15(12-21)20-22-16-6-4-5-7-17(16)23-20/h4-9,11,13,15H,10,12,21H2,1-3H3,(H,22,23). The molecule has 0 fully saturated rings. The van der Waals surface area contributed by atoms with Crippen LogP contribution in [0, 0.1) is 0 Å². The van der Waals surface area contributed by atoms with Crippen molar-refractivity contribution in [3.8, 4) is 11.5 Å². The number of ether oxygens (including phenoxy) is 2. The third-order valence-electron chi connectivity index (χ3n) is 4.15. The van der Waals surface area contributed by atoms with Gasteiger partial charge in [0, 0.05) is 12.5 Å². The Morgan fingerprint density at radius 1 is 1.12 bits per heavy atom. The maximum Gasteiger partial charge on any atom is 0.161 e. The molecule has 0 saturated heterocycles. The van der Waals surface area contributed by atoms with E-state index in [9.17, 15) is 0 Å². The van der Waals surface area contributed by atoms with Crippen LogP contribution in [0.5, 0.6) is 11.5 Å². The highest BCUT2D eigenvalue weighted by Gasteiger charge is 2.17. The van der Waals surface area contributed by atoms with Gasteiger partial charge in [0.1, 0.15) is 5.82 Å². The van der Waals surface area contributed by atoms with Gasteiger partial charge in [-0.2, -0.15) is 0 Å². The predicted molar refractivity (Wildman–Crippen MR) is 100 cm³/mol. The Bertz CT molecular complexity index is 809. The third kappa shape index (κ3) is 3.94. The summed E-state index contributed by atoms with van der Waals surface area (Å²) in [6.45, 7) is 4.53. The van der Waals surface area contributed by atoms with Crippen LogP contribution in [0.15, 0.2) is 42.5 Å². The minimum Gasteiger partial charge on any atom is -0.493 e. The Kier molecular flexibility index (Phi) is 5.24. The van der Waals surface area contributed by atoms with E-state index in [1.54, 1.807) is 7.11 Å². The van der Waals surface area contributed by atoms with Crippen molar-refractivity contribution in [3.05, 3.63) is 53.9 Å². The summed E-state index contributed by atoms with van der Waals surface area (Å²) in [7, 11) is 1.65. The van der Waals surface area contributed by atoms with Crippen LogP contribution in [0.25, 0.3) is 11.0 Å². The van der Waals surface area contributed by atoms with E-state index in [1.165, 1.54) is 0 Å². The molecule has 132 valence electrons. The van der Waals surface area contributed by atoms with E-state index in [-0.39, 0.29) is 12.0 Å². The lowest BCUT2D eigenvalue weighted by molar-refractivity contribution is 0.230.